The summed E-state index contributed by atoms with van der Waals surface area (Å²) in [7, 11) is -1.53. The highest BCUT2D eigenvalue weighted by Crippen LogP contribution is 2.13. The number of rotatable bonds is 7. The van der Waals surface area contributed by atoms with Crippen LogP contribution in [0.15, 0.2) is 16.5 Å². The first kappa shape index (κ1) is 16.4. The Balaban J connectivity index is 2.60. The van der Waals surface area contributed by atoms with Gasteiger partial charge in [-0.05, 0) is 32.4 Å². The average molecular weight is 302 g/mol. The number of carbonyl (C=O) groups excluding carboxylic acids is 1. The van der Waals surface area contributed by atoms with E-state index in [1.54, 1.807) is 6.92 Å². The number of furan rings is 1. The topological polar surface area (TPSA) is 93.8 Å². The minimum Gasteiger partial charge on any atom is -0.475 e. The molecule has 0 radical (unpaired) electrons. The van der Waals surface area contributed by atoms with Crippen molar-refractivity contribution in [2.24, 2.45) is 0 Å². The van der Waals surface area contributed by atoms with Gasteiger partial charge in [-0.2, -0.15) is 0 Å². The van der Waals surface area contributed by atoms with Gasteiger partial charge in [0, 0.05) is 10.8 Å². The van der Waals surface area contributed by atoms with Gasteiger partial charge in [-0.15, -0.1) is 0 Å². The summed E-state index contributed by atoms with van der Waals surface area (Å²) in [5.41, 5.74) is 0. The molecule has 20 heavy (non-hydrogen) atoms. The molecule has 3 unspecified atom stereocenters. The maximum Gasteiger partial charge on any atom is 0.371 e. The van der Waals surface area contributed by atoms with E-state index in [0.717, 1.165) is 0 Å². The van der Waals surface area contributed by atoms with E-state index in [1.165, 1.54) is 19.1 Å². The summed E-state index contributed by atoms with van der Waals surface area (Å²) >= 11 is 0. The Morgan fingerprint density at radius 3 is 2.55 bits per heavy atom. The lowest BCUT2D eigenvalue weighted by atomic mass is 10.3. The monoisotopic (exact) mass is 302 g/mol. The zero-order chi connectivity index (χ0) is 15.3. The molecule has 0 fully saturated rings. The Labute approximate surface area is 119 Å². The largest absolute Gasteiger partial charge is 0.475 e. The first-order valence-corrected chi connectivity index (χ1v) is 7.63. The number of carbonyl (C=O) groups is 2. The van der Waals surface area contributed by atoms with Crippen molar-refractivity contribution < 1.29 is 28.1 Å². The molecule has 1 aromatic heterocycles. The van der Waals surface area contributed by atoms with Crippen LogP contribution in [0, 0.1) is 0 Å². The molecule has 1 heterocycles. The Kier molecular flexibility index (Phi) is 5.94. The molecule has 6 nitrogen and oxygen atoms in total. The molecule has 0 spiro atoms. The molecular weight excluding hydrogens is 284 g/mol. The summed E-state index contributed by atoms with van der Waals surface area (Å²) in [6, 6.07) is 2.73. The van der Waals surface area contributed by atoms with Crippen molar-refractivity contribution in [1.82, 2.24) is 0 Å². The maximum absolute atomic E-state index is 12.0. The predicted octanol–water partition coefficient (Wildman–Crippen LogP) is 1.96. The van der Waals surface area contributed by atoms with Gasteiger partial charge < -0.3 is 14.3 Å². The van der Waals surface area contributed by atoms with Gasteiger partial charge in [-0.3, -0.25) is 9.00 Å². The van der Waals surface area contributed by atoms with Crippen LogP contribution < -0.4 is 0 Å². The number of hydrogen-bond acceptors (Lipinski definition) is 5. The van der Waals surface area contributed by atoms with Gasteiger partial charge in [0.15, 0.2) is 0 Å². The lowest BCUT2D eigenvalue weighted by Gasteiger charge is -2.14. The highest BCUT2D eigenvalue weighted by atomic mass is 32.2. The zero-order valence-corrected chi connectivity index (χ0v) is 12.4. The van der Waals surface area contributed by atoms with E-state index in [9.17, 15) is 13.8 Å². The number of esters is 1. The molecule has 1 aromatic rings. The fraction of sp³-hybridized carbons (Fsp3) is 0.538. The van der Waals surface area contributed by atoms with Gasteiger partial charge in [-0.1, -0.05) is 6.92 Å². The highest BCUT2D eigenvalue weighted by Gasteiger charge is 2.24. The second kappa shape index (κ2) is 7.23. The molecule has 0 bridgehead atoms. The third kappa shape index (κ3) is 4.48. The van der Waals surface area contributed by atoms with Crippen LogP contribution in [0.3, 0.4) is 0 Å². The van der Waals surface area contributed by atoms with Crippen LogP contribution in [0.2, 0.25) is 0 Å². The first-order valence-electron chi connectivity index (χ1n) is 6.24. The second-order valence-corrected chi connectivity index (χ2v) is 6.15. The molecule has 1 N–H and O–H groups in total. The van der Waals surface area contributed by atoms with Crippen molar-refractivity contribution >= 4 is 22.7 Å². The number of carboxylic acids is 1. The van der Waals surface area contributed by atoms with E-state index in [1.807, 2.05) is 6.92 Å². The third-order valence-electron chi connectivity index (χ3n) is 2.78. The van der Waals surface area contributed by atoms with Crippen LogP contribution in [0.4, 0.5) is 0 Å². The van der Waals surface area contributed by atoms with Crippen molar-refractivity contribution in [3.05, 3.63) is 23.7 Å². The number of carboxylic acid groups (broad SMARTS) is 1. The van der Waals surface area contributed by atoms with Crippen molar-refractivity contribution in [1.29, 1.82) is 0 Å². The molecule has 0 saturated heterocycles. The summed E-state index contributed by atoms with van der Waals surface area (Å²) < 4.78 is 22.1. The molecule has 0 aliphatic rings. The zero-order valence-electron chi connectivity index (χ0n) is 11.6. The predicted molar refractivity (Wildman–Crippen MR) is 72.8 cm³/mol. The van der Waals surface area contributed by atoms with E-state index in [-0.39, 0.29) is 23.4 Å². The fourth-order valence-electron chi connectivity index (χ4n) is 1.32. The van der Waals surface area contributed by atoms with Crippen LogP contribution in [0.5, 0.6) is 0 Å². The Morgan fingerprint density at radius 2 is 2.05 bits per heavy atom. The fourth-order valence-corrected chi connectivity index (χ4v) is 2.28. The molecule has 0 amide bonds. The number of hydrogen-bond donors (Lipinski definition) is 1. The first-order chi connectivity index (χ1) is 9.35. The standard InChI is InChI=1S/C13H18O6S/c1-4-8(2)18-13(16)9(3)20(17)7-10-5-6-11(19-10)12(14)15/h5-6,8-9H,4,7H2,1-3H3,(H,14,15). The minimum absolute atomic E-state index is 0.0238. The average Bonchev–Trinajstić information content (AvgIpc) is 2.86. The summed E-state index contributed by atoms with van der Waals surface area (Å²) in [5.74, 6) is -1.69. The van der Waals surface area contributed by atoms with Crippen molar-refractivity contribution in [3.8, 4) is 0 Å². The molecule has 0 aliphatic carbocycles. The Bertz CT molecular complexity index is 507. The summed E-state index contributed by atoms with van der Waals surface area (Å²) in [5, 5.41) is 7.92. The van der Waals surface area contributed by atoms with E-state index in [2.05, 4.69) is 0 Å². The van der Waals surface area contributed by atoms with Gasteiger partial charge in [-0.25, -0.2) is 4.79 Å². The number of ether oxygens (including phenoxy) is 1. The summed E-state index contributed by atoms with van der Waals surface area (Å²) in [6.07, 6.45) is 0.467. The second-order valence-electron chi connectivity index (χ2n) is 4.39. The Hall–Kier alpha value is -1.63. The quantitative estimate of drug-likeness (QED) is 0.774. The third-order valence-corrected chi connectivity index (χ3v) is 4.33. The minimum atomic E-state index is -1.53. The van der Waals surface area contributed by atoms with E-state index in [0.29, 0.717) is 6.42 Å². The normalized spacial score (nSPS) is 15.3. The lowest BCUT2D eigenvalue weighted by Crippen LogP contribution is -2.28. The SMILES string of the molecule is CCC(C)OC(=O)C(C)S(=O)Cc1ccc(C(=O)O)o1. The van der Waals surface area contributed by atoms with Gasteiger partial charge in [0.05, 0.1) is 11.9 Å². The van der Waals surface area contributed by atoms with Gasteiger partial charge in [0.25, 0.3) is 0 Å². The van der Waals surface area contributed by atoms with E-state index >= 15 is 0 Å². The molecule has 0 saturated carbocycles. The van der Waals surface area contributed by atoms with Crippen molar-refractivity contribution in [3.63, 3.8) is 0 Å². The van der Waals surface area contributed by atoms with Crippen LogP contribution in [-0.4, -0.2) is 32.6 Å². The van der Waals surface area contributed by atoms with Gasteiger partial charge >= 0.3 is 11.9 Å². The van der Waals surface area contributed by atoms with Crippen molar-refractivity contribution in [2.45, 2.75) is 44.3 Å². The van der Waals surface area contributed by atoms with E-state index in [4.69, 9.17) is 14.3 Å². The summed E-state index contributed by atoms with van der Waals surface area (Å²) in [4.78, 5) is 22.4. The van der Waals surface area contributed by atoms with E-state index < -0.39 is 28.0 Å². The van der Waals surface area contributed by atoms with Crippen LogP contribution in [-0.2, 0) is 26.1 Å². The summed E-state index contributed by atoms with van der Waals surface area (Å²) in [6.45, 7) is 5.16. The number of aromatic carboxylic acids is 1. The maximum atomic E-state index is 12.0. The van der Waals surface area contributed by atoms with Gasteiger partial charge in [0.2, 0.25) is 5.76 Å². The molecule has 0 aliphatic heterocycles. The lowest BCUT2D eigenvalue weighted by molar-refractivity contribution is -0.147. The molecular formula is C13H18O6S. The smallest absolute Gasteiger partial charge is 0.371 e. The molecule has 7 heteroatoms. The van der Waals surface area contributed by atoms with Crippen LogP contribution in [0.25, 0.3) is 0 Å². The molecule has 112 valence electrons. The van der Waals surface area contributed by atoms with Crippen molar-refractivity contribution in [2.75, 3.05) is 0 Å². The molecule has 0 aromatic carbocycles. The van der Waals surface area contributed by atoms with Gasteiger partial charge in [0.1, 0.15) is 11.0 Å². The van der Waals surface area contributed by atoms with Crippen LogP contribution in [0.1, 0.15) is 43.5 Å². The highest BCUT2D eigenvalue weighted by molar-refractivity contribution is 7.85. The molecule has 1 rings (SSSR count). The van der Waals surface area contributed by atoms with Crippen LogP contribution >= 0.6 is 0 Å². The Morgan fingerprint density at radius 1 is 1.40 bits per heavy atom. The molecule has 3 atom stereocenters.